The zero-order valence-corrected chi connectivity index (χ0v) is 10.3. The number of ether oxygens (including phenoxy) is 2. The highest BCUT2D eigenvalue weighted by atomic mass is 19.1. The molecule has 0 aliphatic carbocycles. The van der Waals surface area contributed by atoms with Crippen LogP contribution in [0.25, 0.3) is 0 Å². The van der Waals surface area contributed by atoms with Crippen molar-refractivity contribution in [3.05, 3.63) is 24.0 Å². The van der Waals surface area contributed by atoms with E-state index in [0.717, 1.165) is 25.4 Å². The molecule has 1 heterocycles. The Balaban J connectivity index is 1.95. The first-order chi connectivity index (χ1) is 8.13. The van der Waals surface area contributed by atoms with Crippen molar-refractivity contribution in [2.75, 3.05) is 31.7 Å². The molecule has 0 atom stereocenters. The summed E-state index contributed by atoms with van der Waals surface area (Å²) in [6, 6.07) is 4.95. The monoisotopic (exact) mass is 239 g/mol. The number of halogens is 1. The molecule has 0 aromatic heterocycles. The average molecular weight is 239 g/mol. The fourth-order valence-corrected chi connectivity index (χ4v) is 1.75. The lowest BCUT2D eigenvalue weighted by Gasteiger charge is -2.38. The predicted molar refractivity (Wildman–Crippen MR) is 65.0 cm³/mol. The van der Waals surface area contributed by atoms with Crippen LogP contribution in [0.1, 0.15) is 13.8 Å². The van der Waals surface area contributed by atoms with Crippen molar-refractivity contribution in [1.29, 1.82) is 0 Å². The average Bonchev–Trinajstić information content (AvgIpc) is 2.27. The molecule has 4 heteroatoms. The van der Waals surface area contributed by atoms with E-state index in [1.807, 2.05) is 13.0 Å². The van der Waals surface area contributed by atoms with E-state index in [4.69, 9.17) is 9.47 Å². The predicted octanol–water partition coefficient (Wildman–Crippen LogP) is 2.67. The summed E-state index contributed by atoms with van der Waals surface area (Å²) in [5.41, 5.74) is 0.953. The smallest absolute Gasteiger partial charge is 0.167 e. The van der Waals surface area contributed by atoms with E-state index < -0.39 is 0 Å². The first kappa shape index (κ1) is 12.2. The first-order valence-corrected chi connectivity index (χ1v) is 5.87. The van der Waals surface area contributed by atoms with Gasteiger partial charge in [-0.1, -0.05) is 6.92 Å². The second-order valence-corrected chi connectivity index (χ2v) is 4.74. The lowest BCUT2D eigenvalue weighted by atomic mass is 9.89. The lowest BCUT2D eigenvalue weighted by molar-refractivity contribution is -0.0924. The van der Waals surface area contributed by atoms with Crippen molar-refractivity contribution < 1.29 is 13.9 Å². The number of anilines is 1. The molecule has 17 heavy (non-hydrogen) atoms. The van der Waals surface area contributed by atoms with Gasteiger partial charge in [0.05, 0.1) is 19.8 Å². The van der Waals surface area contributed by atoms with Crippen LogP contribution in [0.4, 0.5) is 10.1 Å². The zero-order chi connectivity index (χ0) is 12.3. The molecule has 3 nitrogen and oxygen atoms in total. The van der Waals surface area contributed by atoms with Crippen LogP contribution >= 0.6 is 0 Å². The molecule has 0 bridgehead atoms. The van der Waals surface area contributed by atoms with E-state index in [-0.39, 0.29) is 11.2 Å². The molecule has 1 aliphatic rings. The van der Waals surface area contributed by atoms with Crippen molar-refractivity contribution in [3.63, 3.8) is 0 Å². The Bertz CT molecular complexity index is 391. The van der Waals surface area contributed by atoms with Gasteiger partial charge in [-0.2, -0.15) is 0 Å². The van der Waals surface area contributed by atoms with Crippen LogP contribution in [0, 0.1) is 11.2 Å². The first-order valence-electron chi connectivity index (χ1n) is 5.87. The van der Waals surface area contributed by atoms with Crippen LogP contribution in [-0.4, -0.2) is 26.4 Å². The van der Waals surface area contributed by atoms with E-state index in [2.05, 4.69) is 12.2 Å². The summed E-state index contributed by atoms with van der Waals surface area (Å²) in [7, 11) is 0. The Morgan fingerprint density at radius 3 is 2.76 bits per heavy atom. The summed E-state index contributed by atoms with van der Waals surface area (Å²) in [4.78, 5) is 0. The minimum Gasteiger partial charge on any atom is -0.491 e. The molecule has 94 valence electrons. The van der Waals surface area contributed by atoms with Crippen LogP contribution in [0.15, 0.2) is 18.2 Å². The van der Waals surface area contributed by atoms with Crippen molar-refractivity contribution in [2.24, 2.45) is 5.41 Å². The van der Waals surface area contributed by atoms with E-state index in [9.17, 15) is 4.39 Å². The van der Waals surface area contributed by atoms with E-state index in [0.29, 0.717) is 12.4 Å². The maximum atomic E-state index is 13.6. The molecule has 1 saturated heterocycles. The Labute approximate surface area is 101 Å². The molecule has 0 spiro atoms. The number of nitrogens with one attached hydrogen (secondary N) is 1. The van der Waals surface area contributed by atoms with E-state index >= 15 is 0 Å². The normalized spacial score (nSPS) is 17.4. The molecule has 1 fully saturated rings. The largest absolute Gasteiger partial charge is 0.491 e. The molecule has 1 aromatic carbocycles. The highest BCUT2D eigenvalue weighted by molar-refractivity contribution is 5.47. The second-order valence-electron chi connectivity index (χ2n) is 4.74. The van der Waals surface area contributed by atoms with Crippen LogP contribution in [0.3, 0.4) is 0 Å². The summed E-state index contributed by atoms with van der Waals surface area (Å²) >= 11 is 0. The Kier molecular flexibility index (Phi) is 3.52. The summed E-state index contributed by atoms with van der Waals surface area (Å²) in [6.45, 7) is 6.77. The van der Waals surface area contributed by atoms with Gasteiger partial charge in [0.15, 0.2) is 11.6 Å². The molecule has 2 rings (SSSR count). The van der Waals surface area contributed by atoms with Crippen molar-refractivity contribution in [1.82, 2.24) is 0 Å². The molecule has 0 unspecified atom stereocenters. The standard InChI is InChI=1S/C13H18FNO2/c1-3-17-12-5-4-10(6-11(12)14)15-7-13(2)8-16-9-13/h4-6,15H,3,7-9H2,1-2H3. The maximum Gasteiger partial charge on any atom is 0.167 e. The molecule has 1 aromatic rings. The van der Waals surface area contributed by atoms with Gasteiger partial charge in [-0.25, -0.2) is 4.39 Å². The van der Waals surface area contributed by atoms with Gasteiger partial charge in [-0.15, -0.1) is 0 Å². The van der Waals surface area contributed by atoms with Crippen molar-refractivity contribution in [2.45, 2.75) is 13.8 Å². The zero-order valence-electron chi connectivity index (χ0n) is 10.3. The SMILES string of the molecule is CCOc1ccc(NCC2(C)COC2)cc1F. The van der Waals surface area contributed by atoms with Crippen LogP contribution < -0.4 is 10.1 Å². The second kappa shape index (κ2) is 4.92. The van der Waals surface area contributed by atoms with Crippen molar-refractivity contribution in [3.8, 4) is 5.75 Å². The molecular formula is C13H18FNO2. The molecular weight excluding hydrogens is 221 g/mol. The summed E-state index contributed by atoms with van der Waals surface area (Å²) in [5, 5.41) is 3.22. The van der Waals surface area contributed by atoms with E-state index in [1.54, 1.807) is 6.07 Å². The fraction of sp³-hybridized carbons (Fsp3) is 0.538. The van der Waals surface area contributed by atoms with Crippen molar-refractivity contribution >= 4 is 5.69 Å². The van der Waals surface area contributed by atoms with Gasteiger partial charge in [-0.05, 0) is 19.1 Å². The van der Waals surface area contributed by atoms with Crippen LogP contribution in [0.2, 0.25) is 0 Å². The highest BCUT2D eigenvalue weighted by Gasteiger charge is 2.32. The van der Waals surface area contributed by atoms with Gasteiger partial charge in [-0.3, -0.25) is 0 Å². The molecule has 0 saturated carbocycles. The number of rotatable bonds is 5. The third-order valence-electron chi connectivity index (χ3n) is 2.85. The van der Waals surface area contributed by atoms with Gasteiger partial charge in [0, 0.05) is 23.7 Å². The Morgan fingerprint density at radius 1 is 1.47 bits per heavy atom. The summed E-state index contributed by atoms with van der Waals surface area (Å²) in [5.74, 6) is -0.0249. The maximum absolute atomic E-state index is 13.6. The van der Waals surface area contributed by atoms with Gasteiger partial charge < -0.3 is 14.8 Å². The third kappa shape index (κ3) is 2.88. The molecule has 0 radical (unpaired) electrons. The Morgan fingerprint density at radius 2 is 2.24 bits per heavy atom. The molecule has 0 amide bonds. The van der Waals surface area contributed by atoms with Gasteiger partial charge in [0.2, 0.25) is 0 Å². The number of hydrogen-bond acceptors (Lipinski definition) is 3. The molecule has 1 aliphatic heterocycles. The van der Waals surface area contributed by atoms with E-state index in [1.165, 1.54) is 6.07 Å². The van der Waals surface area contributed by atoms with Gasteiger partial charge in [0.25, 0.3) is 0 Å². The number of hydrogen-bond donors (Lipinski definition) is 1. The minimum absolute atomic E-state index is 0.176. The Hall–Kier alpha value is -1.29. The minimum atomic E-state index is -0.327. The van der Waals surface area contributed by atoms with Gasteiger partial charge >= 0.3 is 0 Å². The number of benzene rings is 1. The third-order valence-corrected chi connectivity index (χ3v) is 2.85. The quantitative estimate of drug-likeness (QED) is 0.857. The van der Waals surface area contributed by atoms with Crippen LogP contribution in [-0.2, 0) is 4.74 Å². The highest BCUT2D eigenvalue weighted by Crippen LogP contribution is 2.27. The fourth-order valence-electron chi connectivity index (χ4n) is 1.75. The lowest BCUT2D eigenvalue weighted by Crippen LogP contribution is -2.45. The summed E-state index contributed by atoms with van der Waals surface area (Å²) < 4.78 is 23.9. The summed E-state index contributed by atoms with van der Waals surface area (Å²) in [6.07, 6.45) is 0. The molecule has 1 N–H and O–H groups in total. The van der Waals surface area contributed by atoms with Crippen LogP contribution in [0.5, 0.6) is 5.75 Å². The topological polar surface area (TPSA) is 30.5 Å². The van der Waals surface area contributed by atoms with Gasteiger partial charge in [0.1, 0.15) is 0 Å².